The number of aryl methyl sites for hydroxylation is 1. The number of hydrogen-bond donors (Lipinski definition) is 1. The Morgan fingerprint density at radius 2 is 1.83 bits per heavy atom. The fourth-order valence-electron chi connectivity index (χ4n) is 2.70. The first-order valence-corrected chi connectivity index (χ1v) is 7.83. The summed E-state index contributed by atoms with van der Waals surface area (Å²) in [6, 6.07) is 15.0. The number of allylic oxidation sites excluding steroid dienone is 1. The van der Waals surface area contributed by atoms with Gasteiger partial charge in [0, 0.05) is 7.11 Å². The average molecular weight is 326 g/mol. The van der Waals surface area contributed by atoms with Gasteiger partial charge in [-0.15, -0.1) is 0 Å². The molecule has 126 valence electrons. The second-order valence-corrected chi connectivity index (χ2v) is 5.41. The predicted molar refractivity (Wildman–Crippen MR) is 94.9 cm³/mol. The molecule has 24 heavy (non-hydrogen) atoms. The minimum atomic E-state index is -0.927. The molecule has 0 amide bonds. The second-order valence-electron chi connectivity index (χ2n) is 5.41. The largest absolute Gasteiger partial charge is 0.478 e. The van der Waals surface area contributed by atoms with Crippen molar-refractivity contribution in [3.63, 3.8) is 0 Å². The molecule has 4 heteroatoms. The maximum Gasteiger partial charge on any atom is 0.336 e. The minimum Gasteiger partial charge on any atom is -0.478 e. The normalized spacial score (nSPS) is 11.8. The highest BCUT2D eigenvalue weighted by atomic mass is 16.7. The maximum absolute atomic E-state index is 12.0. The monoisotopic (exact) mass is 326 g/mol. The lowest BCUT2D eigenvalue weighted by Gasteiger charge is -2.15. The summed E-state index contributed by atoms with van der Waals surface area (Å²) in [7, 11) is 1.56. The Morgan fingerprint density at radius 1 is 1.12 bits per heavy atom. The van der Waals surface area contributed by atoms with Gasteiger partial charge in [-0.2, -0.15) is 0 Å². The predicted octanol–water partition coefficient (Wildman–Crippen LogP) is 4.38. The van der Waals surface area contributed by atoms with Crippen LogP contribution in [0.25, 0.3) is 11.1 Å². The zero-order valence-corrected chi connectivity index (χ0v) is 14.2. The molecule has 0 saturated heterocycles. The SMILES string of the molecule is CCC(=C(C(=O)O)c1ccc(OCOC)cc1C)c1ccccc1. The summed E-state index contributed by atoms with van der Waals surface area (Å²) in [5, 5.41) is 9.82. The Labute approximate surface area is 142 Å². The molecule has 0 atom stereocenters. The van der Waals surface area contributed by atoms with Crippen LogP contribution >= 0.6 is 0 Å². The standard InChI is InChI=1S/C20H22O4/c1-4-17(15-8-6-5-7-9-15)19(20(21)22)18-11-10-16(12-14(18)2)24-13-23-3/h5-12H,4,13H2,1-3H3,(H,21,22). The van der Waals surface area contributed by atoms with Gasteiger partial charge < -0.3 is 14.6 Å². The van der Waals surface area contributed by atoms with Crippen LogP contribution in [0.5, 0.6) is 5.75 Å². The molecule has 0 aromatic heterocycles. The van der Waals surface area contributed by atoms with E-state index in [-0.39, 0.29) is 6.79 Å². The highest BCUT2D eigenvalue weighted by Gasteiger charge is 2.19. The van der Waals surface area contributed by atoms with E-state index in [2.05, 4.69) is 0 Å². The molecular formula is C20H22O4. The lowest BCUT2D eigenvalue weighted by atomic mass is 9.90. The van der Waals surface area contributed by atoms with Crippen LogP contribution in [0.3, 0.4) is 0 Å². The summed E-state index contributed by atoms with van der Waals surface area (Å²) in [5.74, 6) is -0.273. The summed E-state index contributed by atoms with van der Waals surface area (Å²) in [6.07, 6.45) is 0.632. The molecule has 1 N–H and O–H groups in total. The number of methoxy groups -OCH3 is 1. The van der Waals surface area contributed by atoms with Gasteiger partial charge in [0.1, 0.15) is 5.75 Å². The van der Waals surface area contributed by atoms with E-state index >= 15 is 0 Å². The van der Waals surface area contributed by atoms with Gasteiger partial charge in [-0.1, -0.05) is 43.3 Å². The van der Waals surface area contributed by atoms with Gasteiger partial charge in [0.05, 0.1) is 5.57 Å². The van der Waals surface area contributed by atoms with Gasteiger partial charge in [-0.3, -0.25) is 0 Å². The van der Waals surface area contributed by atoms with Crippen molar-refractivity contribution < 1.29 is 19.4 Å². The number of rotatable bonds is 7. The number of hydrogen-bond acceptors (Lipinski definition) is 3. The molecule has 0 fully saturated rings. The van der Waals surface area contributed by atoms with E-state index in [1.165, 1.54) is 0 Å². The molecule has 0 aliphatic heterocycles. The van der Waals surface area contributed by atoms with Crippen molar-refractivity contribution in [1.29, 1.82) is 0 Å². The molecule has 2 aromatic rings. The Bertz CT molecular complexity index is 733. The summed E-state index contributed by atoms with van der Waals surface area (Å²) < 4.78 is 10.3. The molecule has 4 nitrogen and oxygen atoms in total. The third-order valence-electron chi connectivity index (χ3n) is 3.80. The Balaban J connectivity index is 2.55. The Morgan fingerprint density at radius 3 is 2.38 bits per heavy atom. The van der Waals surface area contributed by atoms with Crippen LogP contribution < -0.4 is 4.74 Å². The molecule has 2 rings (SSSR count). The molecule has 0 heterocycles. The number of carboxylic acid groups (broad SMARTS) is 1. The quantitative estimate of drug-likeness (QED) is 0.466. The van der Waals surface area contributed by atoms with Gasteiger partial charge in [-0.05, 0) is 47.7 Å². The van der Waals surface area contributed by atoms with Crippen molar-refractivity contribution in [2.45, 2.75) is 20.3 Å². The van der Waals surface area contributed by atoms with Crippen molar-refractivity contribution in [3.8, 4) is 5.75 Å². The molecule has 0 unspecified atom stereocenters. The first kappa shape index (κ1) is 17.8. The van der Waals surface area contributed by atoms with Crippen molar-refractivity contribution in [2.24, 2.45) is 0 Å². The topological polar surface area (TPSA) is 55.8 Å². The zero-order valence-electron chi connectivity index (χ0n) is 14.2. The van der Waals surface area contributed by atoms with Crippen LogP contribution in [-0.4, -0.2) is 25.0 Å². The van der Waals surface area contributed by atoms with Gasteiger partial charge in [-0.25, -0.2) is 4.79 Å². The third-order valence-corrected chi connectivity index (χ3v) is 3.80. The number of benzene rings is 2. The van der Waals surface area contributed by atoms with Gasteiger partial charge in [0.25, 0.3) is 0 Å². The van der Waals surface area contributed by atoms with Gasteiger partial charge in [0.15, 0.2) is 6.79 Å². The summed E-state index contributed by atoms with van der Waals surface area (Å²) >= 11 is 0. The van der Waals surface area contributed by atoms with E-state index in [9.17, 15) is 9.90 Å². The lowest BCUT2D eigenvalue weighted by molar-refractivity contribution is -0.130. The van der Waals surface area contributed by atoms with Crippen molar-refractivity contribution in [3.05, 3.63) is 65.2 Å². The number of carboxylic acids is 1. The second kappa shape index (κ2) is 8.31. The molecule has 0 spiro atoms. The van der Waals surface area contributed by atoms with Gasteiger partial charge >= 0.3 is 5.97 Å². The van der Waals surface area contributed by atoms with E-state index in [0.717, 1.165) is 16.7 Å². The van der Waals surface area contributed by atoms with Crippen LogP contribution in [0.1, 0.15) is 30.0 Å². The minimum absolute atomic E-state index is 0.157. The summed E-state index contributed by atoms with van der Waals surface area (Å²) in [6.45, 7) is 4.01. The van der Waals surface area contributed by atoms with E-state index in [1.54, 1.807) is 19.2 Å². The van der Waals surface area contributed by atoms with Crippen LogP contribution in [-0.2, 0) is 9.53 Å². The smallest absolute Gasteiger partial charge is 0.336 e. The molecule has 0 aliphatic rings. The van der Waals surface area contributed by atoms with Crippen molar-refractivity contribution in [2.75, 3.05) is 13.9 Å². The van der Waals surface area contributed by atoms with Crippen molar-refractivity contribution in [1.82, 2.24) is 0 Å². The molecule has 0 aliphatic carbocycles. The molecular weight excluding hydrogens is 304 g/mol. The summed E-state index contributed by atoms with van der Waals surface area (Å²) in [4.78, 5) is 12.0. The van der Waals surface area contributed by atoms with Crippen LogP contribution in [0.4, 0.5) is 0 Å². The zero-order chi connectivity index (χ0) is 17.5. The van der Waals surface area contributed by atoms with Crippen molar-refractivity contribution >= 4 is 17.1 Å². The molecule has 0 radical (unpaired) electrons. The fourth-order valence-corrected chi connectivity index (χ4v) is 2.70. The first-order valence-electron chi connectivity index (χ1n) is 7.83. The molecule has 2 aromatic carbocycles. The van der Waals surface area contributed by atoms with Crippen LogP contribution in [0.15, 0.2) is 48.5 Å². The Kier molecular flexibility index (Phi) is 6.15. The van der Waals surface area contributed by atoms with Crippen LogP contribution in [0.2, 0.25) is 0 Å². The highest BCUT2D eigenvalue weighted by molar-refractivity contribution is 6.24. The van der Waals surface area contributed by atoms with Gasteiger partial charge in [0.2, 0.25) is 0 Å². The van der Waals surface area contributed by atoms with E-state index in [0.29, 0.717) is 23.3 Å². The molecule has 0 saturated carbocycles. The Hall–Kier alpha value is -2.59. The lowest BCUT2D eigenvalue weighted by Crippen LogP contribution is -2.06. The summed E-state index contributed by atoms with van der Waals surface area (Å²) in [5.41, 5.74) is 3.63. The first-order chi connectivity index (χ1) is 11.6. The third kappa shape index (κ3) is 4.03. The van der Waals surface area contributed by atoms with E-state index < -0.39 is 5.97 Å². The maximum atomic E-state index is 12.0. The average Bonchev–Trinajstić information content (AvgIpc) is 2.59. The number of carbonyl (C=O) groups is 1. The molecule has 0 bridgehead atoms. The van der Waals surface area contributed by atoms with E-state index in [4.69, 9.17) is 9.47 Å². The number of aliphatic carboxylic acids is 1. The van der Waals surface area contributed by atoms with E-state index in [1.807, 2.05) is 50.2 Å². The fraction of sp³-hybridized carbons (Fsp3) is 0.250. The van der Waals surface area contributed by atoms with Crippen LogP contribution in [0, 0.1) is 6.92 Å². The highest BCUT2D eigenvalue weighted by Crippen LogP contribution is 2.32. The number of ether oxygens (including phenoxy) is 2.